The maximum atomic E-state index is 12.0. The summed E-state index contributed by atoms with van der Waals surface area (Å²) in [6.07, 6.45) is 1.59. The van der Waals surface area contributed by atoms with Crippen molar-refractivity contribution in [2.75, 3.05) is 45.2 Å². The van der Waals surface area contributed by atoms with E-state index in [0.29, 0.717) is 32.0 Å². The fraction of sp³-hybridized carbons (Fsp3) is 0.600. The maximum absolute atomic E-state index is 12.0. The quantitative estimate of drug-likeness (QED) is 0.722. The molecular formula is C10H15BrClN5O2S. The Hall–Kier alpha value is -0.480. The fourth-order valence-corrected chi connectivity index (χ4v) is 3.58. The fourth-order valence-electron chi connectivity index (χ4n) is 1.92. The lowest BCUT2D eigenvalue weighted by atomic mass is 10.3. The minimum Gasteiger partial charge on any atom is -0.353 e. The molecule has 2 heterocycles. The van der Waals surface area contributed by atoms with Gasteiger partial charge in [0.15, 0.2) is 0 Å². The Balaban J connectivity index is 2.10. The van der Waals surface area contributed by atoms with Crippen molar-refractivity contribution in [1.29, 1.82) is 0 Å². The van der Waals surface area contributed by atoms with E-state index in [0.717, 1.165) is 4.47 Å². The van der Waals surface area contributed by atoms with Crippen molar-refractivity contribution in [3.05, 3.63) is 16.0 Å². The lowest BCUT2D eigenvalue weighted by Crippen LogP contribution is -2.52. The van der Waals surface area contributed by atoms with Gasteiger partial charge in [0, 0.05) is 46.5 Å². The van der Waals surface area contributed by atoms with E-state index < -0.39 is 10.2 Å². The van der Waals surface area contributed by atoms with E-state index in [1.165, 1.54) is 22.7 Å². The number of halogens is 2. The summed E-state index contributed by atoms with van der Waals surface area (Å²) in [5.74, 6) is 0.687. The molecule has 1 aliphatic rings. The van der Waals surface area contributed by atoms with Crippen molar-refractivity contribution in [3.8, 4) is 0 Å². The molecule has 20 heavy (non-hydrogen) atoms. The molecule has 0 saturated carbocycles. The Bertz CT molecular complexity index is 589. The second-order valence-corrected chi connectivity index (χ2v) is 7.82. The summed E-state index contributed by atoms with van der Waals surface area (Å²) in [6, 6.07) is 0. The van der Waals surface area contributed by atoms with E-state index in [-0.39, 0.29) is 5.28 Å². The van der Waals surface area contributed by atoms with Gasteiger partial charge in [-0.1, -0.05) is 0 Å². The molecule has 0 unspecified atom stereocenters. The predicted molar refractivity (Wildman–Crippen MR) is 81.1 cm³/mol. The van der Waals surface area contributed by atoms with Crippen LogP contribution in [0.3, 0.4) is 0 Å². The first-order valence-electron chi connectivity index (χ1n) is 5.93. The Morgan fingerprint density at radius 1 is 1.30 bits per heavy atom. The molecule has 1 saturated heterocycles. The molecule has 0 atom stereocenters. The monoisotopic (exact) mass is 383 g/mol. The summed E-state index contributed by atoms with van der Waals surface area (Å²) in [5, 5.41) is 0.173. The third-order valence-corrected chi connectivity index (χ3v) is 5.70. The predicted octanol–water partition coefficient (Wildman–Crippen LogP) is 0.821. The second-order valence-electron chi connectivity index (χ2n) is 4.49. The number of piperazine rings is 1. The van der Waals surface area contributed by atoms with Crippen molar-refractivity contribution in [1.82, 2.24) is 18.6 Å². The molecule has 1 fully saturated rings. The number of hydrogen-bond acceptors (Lipinski definition) is 5. The molecule has 1 aromatic heterocycles. The van der Waals surface area contributed by atoms with Crippen molar-refractivity contribution < 1.29 is 8.42 Å². The van der Waals surface area contributed by atoms with Gasteiger partial charge in [-0.15, -0.1) is 0 Å². The average molecular weight is 385 g/mol. The van der Waals surface area contributed by atoms with Crippen LogP contribution in [0.15, 0.2) is 10.7 Å². The number of aromatic nitrogens is 2. The summed E-state index contributed by atoms with van der Waals surface area (Å²) >= 11 is 9.17. The molecule has 0 aliphatic carbocycles. The lowest BCUT2D eigenvalue weighted by Gasteiger charge is -2.35. The molecule has 0 radical (unpaired) electrons. The molecule has 7 nitrogen and oxygen atoms in total. The van der Waals surface area contributed by atoms with E-state index in [4.69, 9.17) is 11.6 Å². The highest BCUT2D eigenvalue weighted by Crippen LogP contribution is 2.25. The molecule has 10 heteroatoms. The van der Waals surface area contributed by atoms with Crippen LogP contribution < -0.4 is 4.90 Å². The van der Waals surface area contributed by atoms with Gasteiger partial charge in [0.1, 0.15) is 5.82 Å². The van der Waals surface area contributed by atoms with Crippen LogP contribution >= 0.6 is 27.5 Å². The Labute approximate surface area is 131 Å². The first-order chi connectivity index (χ1) is 9.32. The molecule has 0 N–H and O–H groups in total. The average Bonchev–Trinajstić information content (AvgIpc) is 2.41. The largest absolute Gasteiger partial charge is 0.353 e. The highest BCUT2D eigenvalue weighted by Gasteiger charge is 2.29. The number of nitrogens with zero attached hydrogens (tertiary/aromatic N) is 5. The van der Waals surface area contributed by atoms with Gasteiger partial charge < -0.3 is 4.90 Å². The van der Waals surface area contributed by atoms with Crippen molar-refractivity contribution in [2.24, 2.45) is 0 Å². The third-order valence-electron chi connectivity index (χ3n) is 3.02. The van der Waals surface area contributed by atoms with Gasteiger partial charge in [0.2, 0.25) is 5.28 Å². The topological polar surface area (TPSA) is 69.6 Å². The maximum Gasteiger partial charge on any atom is 0.281 e. The molecule has 0 amide bonds. The minimum atomic E-state index is -3.35. The standard InChI is InChI=1S/C10H15BrClN5O2S/c1-15(2)20(18,19)17-5-3-16(4-6-17)9-8(11)7-13-10(12)14-9/h7H,3-6H2,1-2H3. The van der Waals surface area contributed by atoms with E-state index in [2.05, 4.69) is 25.9 Å². The van der Waals surface area contributed by atoms with Gasteiger partial charge in [-0.3, -0.25) is 0 Å². The minimum absolute atomic E-state index is 0.173. The second kappa shape index (κ2) is 6.10. The number of hydrogen-bond donors (Lipinski definition) is 0. The van der Waals surface area contributed by atoms with E-state index in [1.54, 1.807) is 6.20 Å². The Morgan fingerprint density at radius 3 is 2.45 bits per heavy atom. The van der Waals surface area contributed by atoms with Crippen LogP contribution in [0.4, 0.5) is 5.82 Å². The van der Waals surface area contributed by atoms with Crippen LogP contribution in [0.2, 0.25) is 5.28 Å². The molecule has 2 rings (SSSR count). The Kier molecular flexibility index (Phi) is 4.85. The summed E-state index contributed by atoms with van der Waals surface area (Å²) in [5.41, 5.74) is 0. The van der Waals surface area contributed by atoms with Crippen LogP contribution in [0, 0.1) is 0 Å². The zero-order chi connectivity index (χ0) is 14.9. The number of anilines is 1. The molecule has 0 bridgehead atoms. The van der Waals surface area contributed by atoms with E-state index in [9.17, 15) is 8.42 Å². The number of rotatable bonds is 3. The first kappa shape index (κ1) is 15.9. The molecule has 1 aromatic rings. The smallest absolute Gasteiger partial charge is 0.281 e. The Morgan fingerprint density at radius 2 is 1.90 bits per heavy atom. The molecule has 112 valence electrons. The summed E-state index contributed by atoms with van der Waals surface area (Å²) in [6.45, 7) is 1.93. The zero-order valence-corrected chi connectivity index (χ0v) is 14.3. The van der Waals surface area contributed by atoms with Crippen molar-refractivity contribution >= 4 is 43.6 Å². The molecule has 0 spiro atoms. The van der Waals surface area contributed by atoms with Gasteiger partial charge in [0.25, 0.3) is 10.2 Å². The van der Waals surface area contributed by atoms with Gasteiger partial charge in [-0.05, 0) is 27.5 Å². The lowest BCUT2D eigenvalue weighted by molar-refractivity contribution is 0.355. The highest BCUT2D eigenvalue weighted by molar-refractivity contribution is 9.10. The van der Waals surface area contributed by atoms with Crippen molar-refractivity contribution in [2.45, 2.75) is 0 Å². The summed E-state index contributed by atoms with van der Waals surface area (Å²) < 4.78 is 27.5. The SMILES string of the molecule is CN(C)S(=O)(=O)N1CCN(c2nc(Cl)ncc2Br)CC1. The van der Waals surface area contributed by atoms with Crippen molar-refractivity contribution in [3.63, 3.8) is 0 Å². The zero-order valence-electron chi connectivity index (χ0n) is 11.1. The van der Waals surface area contributed by atoms with Crippen LogP contribution in [-0.4, -0.2) is 67.3 Å². The molecular weight excluding hydrogens is 370 g/mol. The van der Waals surface area contributed by atoms with E-state index >= 15 is 0 Å². The highest BCUT2D eigenvalue weighted by atomic mass is 79.9. The van der Waals surface area contributed by atoms with Gasteiger partial charge >= 0.3 is 0 Å². The molecule has 1 aliphatic heterocycles. The van der Waals surface area contributed by atoms with Gasteiger partial charge in [-0.25, -0.2) is 4.98 Å². The van der Waals surface area contributed by atoms with Gasteiger partial charge in [-0.2, -0.15) is 22.0 Å². The van der Waals surface area contributed by atoms with Crippen LogP contribution in [0.1, 0.15) is 0 Å². The van der Waals surface area contributed by atoms with Crippen LogP contribution in [0.25, 0.3) is 0 Å². The van der Waals surface area contributed by atoms with Crippen LogP contribution in [0.5, 0.6) is 0 Å². The van der Waals surface area contributed by atoms with Crippen LogP contribution in [-0.2, 0) is 10.2 Å². The first-order valence-corrected chi connectivity index (χ1v) is 8.50. The normalized spacial score (nSPS) is 17.8. The summed E-state index contributed by atoms with van der Waals surface area (Å²) in [7, 11) is -0.294. The van der Waals surface area contributed by atoms with Gasteiger partial charge in [0.05, 0.1) is 4.47 Å². The molecule has 0 aromatic carbocycles. The van der Waals surface area contributed by atoms with E-state index in [1.807, 2.05) is 4.90 Å². The summed E-state index contributed by atoms with van der Waals surface area (Å²) in [4.78, 5) is 10.0. The third kappa shape index (κ3) is 3.22.